The van der Waals surface area contributed by atoms with E-state index < -0.39 is 17.2 Å². The van der Waals surface area contributed by atoms with Crippen LogP contribution in [0.3, 0.4) is 0 Å². The van der Waals surface area contributed by atoms with Gasteiger partial charge < -0.3 is 18.9 Å². The van der Waals surface area contributed by atoms with Crippen LogP contribution in [0.5, 0.6) is 0 Å². The Labute approximate surface area is 101 Å². The molecule has 0 saturated carbocycles. The van der Waals surface area contributed by atoms with Crippen LogP contribution >= 0.6 is 0 Å². The average Bonchev–Trinajstić information content (AvgIpc) is 2.34. The average molecular weight is 242 g/mol. The lowest BCUT2D eigenvalue weighted by Gasteiger charge is -2.51. The fourth-order valence-corrected chi connectivity index (χ4v) is 1.73. The Kier molecular flexibility index (Phi) is 3.95. The van der Waals surface area contributed by atoms with Crippen molar-refractivity contribution in [2.24, 2.45) is 0 Å². The second kappa shape index (κ2) is 4.75. The largest absolute Gasteiger partial charge is 0.349 e. The normalized spacial score (nSPS) is 41.8. The summed E-state index contributed by atoms with van der Waals surface area (Å²) in [5.41, 5.74) is -1.18. The van der Waals surface area contributed by atoms with E-state index in [0.29, 0.717) is 6.29 Å². The first kappa shape index (κ1) is 14.1. The first-order chi connectivity index (χ1) is 7.91. The van der Waals surface area contributed by atoms with Crippen molar-refractivity contribution in [3.05, 3.63) is 0 Å². The lowest BCUT2D eigenvalue weighted by Crippen LogP contribution is -2.66. The standard InChI is InChI=1S/C12H18O5/c1-6-7-12(8-13)9-16-10(2,14-4)11(3,15-5)17-12/h1,8H,7,9H2,2-5H3/t10-,11-,12+/m1/s1. The van der Waals surface area contributed by atoms with Crippen LogP contribution < -0.4 is 0 Å². The van der Waals surface area contributed by atoms with E-state index in [1.54, 1.807) is 13.8 Å². The highest BCUT2D eigenvalue weighted by atomic mass is 16.8. The molecule has 0 radical (unpaired) electrons. The van der Waals surface area contributed by atoms with Gasteiger partial charge in [0.05, 0.1) is 6.61 Å². The molecule has 96 valence electrons. The molecule has 0 unspecified atom stereocenters. The molecule has 0 amide bonds. The van der Waals surface area contributed by atoms with Gasteiger partial charge in [-0.05, 0) is 13.8 Å². The second-order valence-electron chi connectivity index (χ2n) is 4.25. The number of ether oxygens (including phenoxy) is 4. The molecular formula is C12H18O5. The van der Waals surface area contributed by atoms with E-state index in [1.165, 1.54) is 14.2 Å². The minimum atomic E-state index is -1.21. The molecule has 1 aliphatic heterocycles. The number of terminal acetylenes is 1. The fourth-order valence-electron chi connectivity index (χ4n) is 1.73. The minimum Gasteiger partial charge on any atom is -0.349 e. The molecule has 0 aromatic heterocycles. The molecular weight excluding hydrogens is 224 g/mol. The molecule has 1 heterocycles. The molecule has 17 heavy (non-hydrogen) atoms. The van der Waals surface area contributed by atoms with Gasteiger partial charge >= 0.3 is 0 Å². The number of carbonyl (C=O) groups is 1. The van der Waals surface area contributed by atoms with Gasteiger partial charge in [-0.2, -0.15) is 0 Å². The Hall–Kier alpha value is -0.930. The smallest absolute Gasteiger partial charge is 0.221 e. The molecule has 3 atom stereocenters. The second-order valence-corrected chi connectivity index (χ2v) is 4.25. The first-order valence-corrected chi connectivity index (χ1v) is 5.25. The molecule has 1 rings (SSSR count). The van der Waals surface area contributed by atoms with Crippen molar-refractivity contribution in [1.82, 2.24) is 0 Å². The maximum Gasteiger partial charge on any atom is 0.221 e. The molecule has 5 heteroatoms. The van der Waals surface area contributed by atoms with E-state index >= 15 is 0 Å². The number of rotatable bonds is 4. The van der Waals surface area contributed by atoms with Crippen molar-refractivity contribution in [2.75, 3.05) is 20.8 Å². The maximum absolute atomic E-state index is 11.2. The van der Waals surface area contributed by atoms with Crippen LogP contribution in [0.4, 0.5) is 0 Å². The van der Waals surface area contributed by atoms with Gasteiger partial charge in [0.1, 0.15) is 0 Å². The fraction of sp³-hybridized carbons (Fsp3) is 0.750. The number of aldehydes is 1. The van der Waals surface area contributed by atoms with Crippen LogP contribution in [0.1, 0.15) is 20.3 Å². The Bertz CT molecular complexity index is 336. The minimum absolute atomic E-state index is 0.0317. The summed E-state index contributed by atoms with van der Waals surface area (Å²) in [6.45, 7) is 3.36. The van der Waals surface area contributed by atoms with Crippen LogP contribution in [0.25, 0.3) is 0 Å². The highest BCUT2D eigenvalue weighted by molar-refractivity contribution is 5.64. The number of methoxy groups -OCH3 is 2. The van der Waals surface area contributed by atoms with Gasteiger partial charge in [-0.25, -0.2) is 0 Å². The third-order valence-electron chi connectivity index (χ3n) is 3.21. The lowest BCUT2D eigenvalue weighted by atomic mass is 9.97. The van der Waals surface area contributed by atoms with Gasteiger partial charge in [-0.15, -0.1) is 12.3 Å². The third kappa shape index (κ3) is 2.22. The predicted octanol–water partition coefficient (Wildman–Crippen LogP) is 0.719. The molecule has 0 aromatic carbocycles. The van der Waals surface area contributed by atoms with E-state index in [1.807, 2.05) is 0 Å². The zero-order valence-corrected chi connectivity index (χ0v) is 10.6. The van der Waals surface area contributed by atoms with Gasteiger partial charge in [0.15, 0.2) is 11.9 Å². The van der Waals surface area contributed by atoms with Crippen molar-refractivity contribution >= 4 is 6.29 Å². The van der Waals surface area contributed by atoms with Crippen LogP contribution in [0.15, 0.2) is 0 Å². The Balaban J connectivity index is 3.05. The zero-order chi connectivity index (χ0) is 13.2. The number of hydrogen-bond acceptors (Lipinski definition) is 5. The Morgan fingerprint density at radius 2 is 1.94 bits per heavy atom. The molecule has 0 spiro atoms. The van der Waals surface area contributed by atoms with Crippen LogP contribution in [0.2, 0.25) is 0 Å². The molecule has 1 aliphatic rings. The summed E-state index contributed by atoms with van der Waals surface area (Å²) < 4.78 is 21.9. The Morgan fingerprint density at radius 3 is 2.35 bits per heavy atom. The molecule has 1 fully saturated rings. The van der Waals surface area contributed by atoms with E-state index in [4.69, 9.17) is 25.4 Å². The quantitative estimate of drug-likeness (QED) is 0.537. The van der Waals surface area contributed by atoms with Crippen molar-refractivity contribution in [1.29, 1.82) is 0 Å². The summed E-state index contributed by atoms with van der Waals surface area (Å²) in [4.78, 5) is 11.2. The summed E-state index contributed by atoms with van der Waals surface area (Å²) in [5.74, 6) is 0.0988. The van der Waals surface area contributed by atoms with Gasteiger partial charge in [0, 0.05) is 20.6 Å². The van der Waals surface area contributed by atoms with Gasteiger partial charge in [-0.3, -0.25) is 4.79 Å². The van der Waals surface area contributed by atoms with Gasteiger partial charge in [-0.1, -0.05) is 0 Å². The lowest BCUT2D eigenvalue weighted by molar-refractivity contribution is -0.442. The molecule has 0 N–H and O–H groups in total. The summed E-state index contributed by atoms with van der Waals surface area (Å²) in [6.07, 6.45) is 6.01. The monoisotopic (exact) mass is 242 g/mol. The molecule has 5 nitrogen and oxygen atoms in total. The SMILES string of the molecule is C#CC[C@]1(C=O)CO[C@@](C)(OC)[C@](C)(OC)O1. The van der Waals surface area contributed by atoms with E-state index in [9.17, 15) is 4.79 Å². The van der Waals surface area contributed by atoms with Crippen LogP contribution in [0, 0.1) is 12.3 Å². The van der Waals surface area contributed by atoms with E-state index in [2.05, 4.69) is 5.92 Å². The topological polar surface area (TPSA) is 54.0 Å². The van der Waals surface area contributed by atoms with Crippen molar-refractivity contribution in [2.45, 2.75) is 37.4 Å². The van der Waals surface area contributed by atoms with E-state index in [0.717, 1.165) is 0 Å². The highest BCUT2D eigenvalue weighted by Gasteiger charge is 2.58. The summed E-state index contributed by atoms with van der Waals surface area (Å²) in [7, 11) is 2.94. The summed E-state index contributed by atoms with van der Waals surface area (Å²) in [5, 5.41) is 0. The van der Waals surface area contributed by atoms with Crippen molar-refractivity contribution in [3.8, 4) is 12.3 Å². The first-order valence-electron chi connectivity index (χ1n) is 5.25. The van der Waals surface area contributed by atoms with Gasteiger partial charge in [0.25, 0.3) is 0 Å². The third-order valence-corrected chi connectivity index (χ3v) is 3.21. The number of hydrogen-bond donors (Lipinski definition) is 0. The van der Waals surface area contributed by atoms with Crippen molar-refractivity contribution < 1.29 is 23.7 Å². The number of carbonyl (C=O) groups excluding carboxylic acids is 1. The molecule has 0 bridgehead atoms. The molecule has 0 aliphatic carbocycles. The summed E-state index contributed by atoms with van der Waals surface area (Å²) >= 11 is 0. The highest BCUT2D eigenvalue weighted by Crippen LogP contribution is 2.40. The summed E-state index contributed by atoms with van der Waals surface area (Å²) in [6, 6.07) is 0. The van der Waals surface area contributed by atoms with Crippen LogP contribution in [-0.4, -0.2) is 44.3 Å². The van der Waals surface area contributed by atoms with E-state index in [-0.39, 0.29) is 13.0 Å². The van der Waals surface area contributed by atoms with Gasteiger partial charge in [0.2, 0.25) is 11.6 Å². The maximum atomic E-state index is 11.2. The Morgan fingerprint density at radius 1 is 1.35 bits per heavy atom. The molecule has 0 aromatic rings. The predicted molar refractivity (Wildman–Crippen MR) is 60.1 cm³/mol. The van der Waals surface area contributed by atoms with Crippen molar-refractivity contribution in [3.63, 3.8) is 0 Å². The van der Waals surface area contributed by atoms with Crippen LogP contribution in [-0.2, 0) is 23.7 Å². The molecule has 1 saturated heterocycles. The zero-order valence-electron chi connectivity index (χ0n) is 10.6.